The molecule has 1 aromatic carbocycles. The van der Waals surface area contributed by atoms with Gasteiger partial charge < -0.3 is 10.4 Å². The average molecular weight is 251 g/mol. The van der Waals surface area contributed by atoms with Crippen LogP contribution < -0.4 is 5.32 Å². The lowest BCUT2D eigenvalue weighted by Gasteiger charge is -2.34. The normalized spacial score (nSPS) is 22.6. The van der Waals surface area contributed by atoms with Crippen molar-refractivity contribution in [2.45, 2.75) is 32.2 Å². The summed E-state index contributed by atoms with van der Waals surface area (Å²) in [6.07, 6.45) is 2.50. The van der Waals surface area contributed by atoms with Crippen molar-refractivity contribution in [1.29, 1.82) is 0 Å². The monoisotopic (exact) mass is 251 g/mol. The molecule has 1 saturated carbocycles. The van der Waals surface area contributed by atoms with Crippen molar-refractivity contribution in [3.63, 3.8) is 0 Å². The molecule has 1 aromatic rings. The van der Waals surface area contributed by atoms with Crippen molar-refractivity contribution < 1.29 is 14.3 Å². The minimum atomic E-state index is -0.711. The molecule has 3 nitrogen and oxygen atoms in total. The van der Waals surface area contributed by atoms with Crippen LogP contribution in [-0.4, -0.2) is 23.7 Å². The summed E-state index contributed by atoms with van der Waals surface area (Å²) in [5, 5.41) is 12.2. The maximum absolute atomic E-state index is 12.9. The van der Waals surface area contributed by atoms with E-state index in [9.17, 15) is 9.18 Å². The molecule has 1 aliphatic carbocycles. The van der Waals surface area contributed by atoms with Crippen molar-refractivity contribution in [1.82, 2.24) is 5.32 Å². The van der Waals surface area contributed by atoms with E-state index in [0.717, 1.165) is 36.9 Å². The van der Waals surface area contributed by atoms with Gasteiger partial charge in [0.15, 0.2) is 0 Å². The molecule has 0 radical (unpaired) electrons. The van der Waals surface area contributed by atoms with Gasteiger partial charge in [-0.25, -0.2) is 4.39 Å². The number of carboxylic acid groups (broad SMARTS) is 1. The van der Waals surface area contributed by atoms with Crippen LogP contribution in [-0.2, 0) is 11.2 Å². The Labute approximate surface area is 106 Å². The summed E-state index contributed by atoms with van der Waals surface area (Å²) in [5.74, 6) is -1.16. The number of benzene rings is 1. The molecule has 0 amide bonds. The number of halogens is 1. The zero-order valence-electron chi connectivity index (χ0n) is 10.4. The van der Waals surface area contributed by atoms with Gasteiger partial charge >= 0.3 is 5.97 Å². The van der Waals surface area contributed by atoms with Crippen LogP contribution in [0.25, 0.3) is 0 Å². The summed E-state index contributed by atoms with van der Waals surface area (Å²) < 4.78 is 12.9. The van der Waals surface area contributed by atoms with E-state index in [1.54, 1.807) is 6.07 Å². The molecule has 0 spiro atoms. The van der Waals surface area contributed by atoms with Gasteiger partial charge in [-0.15, -0.1) is 0 Å². The minimum Gasteiger partial charge on any atom is -0.481 e. The highest BCUT2D eigenvalue weighted by molar-refractivity contribution is 5.72. The molecule has 4 heteroatoms. The fraction of sp³-hybridized carbons (Fsp3) is 0.500. The quantitative estimate of drug-likeness (QED) is 0.843. The predicted octanol–water partition coefficient (Wildman–Crippen LogP) is 2.13. The molecule has 1 aliphatic rings. The fourth-order valence-corrected chi connectivity index (χ4v) is 2.37. The van der Waals surface area contributed by atoms with E-state index < -0.39 is 5.97 Å². The molecule has 2 N–H and O–H groups in total. The Kier molecular flexibility index (Phi) is 3.97. The summed E-state index contributed by atoms with van der Waals surface area (Å²) in [6, 6.07) is 4.88. The lowest BCUT2D eigenvalue weighted by Crippen LogP contribution is -2.48. The van der Waals surface area contributed by atoms with Crippen LogP contribution in [0.4, 0.5) is 4.39 Å². The van der Waals surface area contributed by atoms with Crippen molar-refractivity contribution in [2.24, 2.45) is 5.92 Å². The molecule has 2 atom stereocenters. The number of aryl methyl sites for hydroxylation is 1. The topological polar surface area (TPSA) is 49.3 Å². The Morgan fingerprint density at radius 2 is 2.28 bits per heavy atom. The van der Waals surface area contributed by atoms with Crippen molar-refractivity contribution in [3.8, 4) is 0 Å². The van der Waals surface area contributed by atoms with Gasteiger partial charge in [0, 0.05) is 6.04 Å². The summed E-state index contributed by atoms with van der Waals surface area (Å²) in [7, 11) is 0. The molecule has 0 heterocycles. The number of rotatable bonds is 5. The Hall–Kier alpha value is -1.42. The largest absolute Gasteiger partial charge is 0.481 e. The first-order valence-corrected chi connectivity index (χ1v) is 6.29. The van der Waals surface area contributed by atoms with Crippen LogP contribution in [0.3, 0.4) is 0 Å². The number of carboxylic acids is 1. The second kappa shape index (κ2) is 5.48. The SMILES string of the molecule is Cc1cc(F)ccc1CCNC1CCC1C(=O)O. The van der Waals surface area contributed by atoms with Gasteiger partial charge in [0.25, 0.3) is 0 Å². The molecule has 2 unspecified atom stereocenters. The third kappa shape index (κ3) is 2.88. The second-order valence-corrected chi connectivity index (χ2v) is 4.90. The highest BCUT2D eigenvalue weighted by Gasteiger charge is 2.35. The fourth-order valence-electron chi connectivity index (χ4n) is 2.37. The van der Waals surface area contributed by atoms with Gasteiger partial charge in [-0.1, -0.05) is 6.07 Å². The van der Waals surface area contributed by atoms with E-state index in [1.165, 1.54) is 12.1 Å². The van der Waals surface area contributed by atoms with Crippen LogP contribution in [0.2, 0.25) is 0 Å². The summed E-state index contributed by atoms with van der Waals surface area (Å²) in [6.45, 7) is 2.63. The van der Waals surface area contributed by atoms with E-state index in [1.807, 2.05) is 6.92 Å². The predicted molar refractivity (Wildman–Crippen MR) is 67.0 cm³/mol. The third-order valence-electron chi connectivity index (χ3n) is 3.70. The van der Waals surface area contributed by atoms with E-state index >= 15 is 0 Å². The molecule has 98 valence electrons. The maximum atomic E-state index is 12.9. The van der Waals surface area contributed by atoms with Gasteiger partial charge in [0.1, 0.15) is 5.82 Å². The summed E-state index contributed by atoms with van der Waals surface area (Å²) >= 11 is 0. The van der Waals surface area contributed by atoms with Crippen molar-refractivity contribution in [3.05, 3.63) is 35.1 Å². The Bertz CT molecular complexity index is 447. The van der Waals surface area contributed by atoms with E-state index in [4.69, 9.17) is 5.11 Å². The third-order valence-corrected chi connectivity index (χ3v) is 3.70. The lowest BCUT2D eigenvalue weighted by atomic mass is 9.79. The summed E-state index contributed by atoms with van der Waals surface area (Å²) in [5.41, 5.74) is 2.05. The highest BCUT2D eigenvalue weighted by Crippen LogP contribution is 2.27. The molecule has 0 aliphatic heterocycles. The molecule has 0 bridgehead atoms. The van der Waals surface area contributed by atoms with Crippen molar-refractivity contribution >= 4 is 5.97 Å². The van der Waals surface area contributed by atoms with E-state index in [2.05, 4.69) is 5.32 Å². The van der Waals surface area contributed by atoms with Gasteiger partial charge in [-0.2, -0.15) is 0 Å². The van der Waals surface area contributed by atoms with Crippen molar-refractivity contribution in [2.75, 3.05) is 6.54 Å². The highest BCUT2D eigenvalue weighted by atomic mass is 19.1. The molecule has 2 rings (SSSR count). The van der Waals surface area contributed by atoms with Crippen LogP contribution in [0.5, 0.6) is 0 Å². The molecule has 0 saturated heterocycles. The molecular formula is C14H18FNO2. The van der Waals surface area contributed by atoms with E-state index in [0.29, 0.717) is 0 Å². The molecule has 18 heavy (non-hydrogen) atoms. The molecule has 0 aromatic heterocycles. The number of carbonyl (C=O) groups is 1. The Balaban J connectivity index is 1.80. The Morgan fingerprint density at radius 1 is 1.50 bits per heavy atom. The summed E-state index contributed by atoms with van der Waals surface area (Å²) in [4.78, 5) is 10.8. The van der Waals surface area contributed by atoms with Crippen LogP contribution in [0.15, 0.2) is 18.2 Å². The minimum absolute atomic E-state index is 0.100. The maximum Gasteiger partial charge on any atom is 0.308 e. The lowest BCUT2D eigenvalue weighted by molar-refractivity contribution is -0.146. The standard InChI is InChI=1S/C14H18FNO2/c1-9-8-11(15)3-2-10(9)6-7-16-13-5-4-12(13)14(17)18/h2-3,8,12-13,16H,4-7H2,1H3,(H,17,18). The zero-order valence-corrected chi connectivity index (χ0v) is 10.4. The Morgan fingerprint density at radius 3 is 2.83 bits per heavy atom. The smallest absolute Gasteiger partial charge is 0.308 e. The van der Waals surface area contributed by atoms with Crippen LogP contribution >= 0.6 is 0 Å². The number of aliphatic carboxylic acids is 1. The first-order chi connectivity index (χ1) is 8.58. The van der Waals surface area contributed by atoms with Gasteiger partial charge in [0.05, 0.1) is 5.92 Å². The average Bonchev–Trinajstić information content (AvgIpc) is 2.24. The van der Waals surface area contributed by atoms with Crippen LogP contribution in [0.1, 0.15) is 24.0 Å². The zero-order chi connectivity index (χ0) is 13.1. The van der Waals surface area contributed by atoms with Gasteiger partial charge in [-0.3, -0.25) is 4.79 Å². The molecular weight excluding hydrogens is 233 g/mol. The van der Waals surface area contributed by atoms with Crippen LogP contribution in [0, 0.1) is 18.7 Å². The van der Waals surface area contributed by atoms with Gasteiger partial charge in [-0.05, 0) is 56.0 Å². The first-order valence-electron chi connectivity index (χ1n) is 6.29. The first kappa shape index (κ1) is 13.0. The van der Waals surface area contributed by atoms with Gasteiger partial charge in [0.2, 0.25) is 0 Å². The number of hydrogen-bond donors (Lipinski definition) is 2. The number of hydrogen-bond acceptors (Lipinski definition) is 2. The molecule has 1 fully saturated rings. The second-order valence-electron chi connectivity index (χ2n) is 4.90. The van der Waals surface area contributed by atoms with E-state index in [-0.39, 0.29) is 17.8 Å². The number of nitrogens with one attached hydrogen (secondary N) is 1.